The van der Waals surface area contributed by atoms with Gasteiger partial charge in [-0.1, -0.05) is 35.9 Å². The van der Waals surface area contributed by atoms with Gasteiger partial charge in [-0.2, -0.15) is 0 Å². The van der Waals surface area contributed by atoms with Crippen molar-refractivity contribution in [1.82, 2.24) is 15.5 Å². The lowest BCUT2D eigenvalue weighted by Gasteiger charge is -2.38. The number of benzene rings is 2. The molecular formula is C23H24ClFN4O3. The van der Waals surface area contributed by atoms with E-state index in [1.54, 1.807) is 36.4 Å². The number of anilines is 1. The number of ether oxygens (including phenoxy) is 1. The van der Waals surface area contributed by atoms with E-state index in [4.69, 9.17) is 16.3 Å². The van der Waals surface area contributed by atoms with Crippen LogP contribution < -0.4 is 15.5 Å². The highest BCUT2D eigenvalue weighted by atomic mass is 35.5. The number of hydrogen-bond donors (Lipinski definition) is 2. The van der Waals surface area contributed by atoms with Gasteiger partial charge in [-0.05, 0) is 29.8 Å². The number of methoxy groups -OCH3 is 1. The summed E-state index contributed by atoms with van der Waals surface area (Å²) in [4.78, 5) is 29.2. The van der Waals surface area contributed by atoms with Crippen LogP contribution >= 0.6 is 11.6 Å². The van der Waals surface area contributed by atoms with Crippen LogP contribution in [0.5, 0.6) is 0 Å². The molecule has 0 saturated carbocycles. The van der Waals surface area contributed by atoms with Gasteiger partial charge in [0.1, 0.15) is 5.82 Å². The Morgan fingerprint density at radius 3 is 2.59 bits per heavy atom. The Balaban J connectivity index is 1.55. The molecule has 2 amide bonds. The van der Waals surface area contributed by atoms with Crippen LogP contribution in [0.15, 0.2) is 59.8 Å². The third kappa shape index (κ3) is 4.71. The van der Waals surface area contributed by atoms with E-state index in [1.165, 1.54) is 13.2 Å². The maximum Gasteiger partial charge on any atom is 0.338 e. The number of nitrogens with zero attached hydrogens (tertiary/aromatic N) is 2. The number of carbonyl (C=O) groups excluding carboxylic acids is 2. The van der Waals surface area contributed by atoms with Gasteiger partial charge in [0.15, 0.2) is 0 Å². The molecule has 2 N–H and O–H groups in total. The van der Waals surface area contributed by atoms with E-state index in [0.717, 1.165) is 0 Å². The lowest BCUT2D eigenvalue weighted by molar-refractivity contribution is -0.136. The highest BCUT2D eigenvalue weighted by Crippen LogP contribution is 2.30. The van der Waals surface area contributed by atoms with Gasteiger partial charge in [-0.25, -0.2) is 14.0 Å². The Labute approximate surface area is 190 Å². The number of amides is 2. The van der Waals surface area contributed by atoms with Crippen LogP contribution in [0.4, 0.5) is 14.9 Å². The molecule has 1 fully saturated rings. The minimum absolute atomic E-state index is 0.244. The summed E-state index contributed by atoms with van der Waals surface area (Å²) >= 11 is 6.13. The first-order chi connectivity index (χ1) is 15.5. The van der Waals surface area contributed by atoms with E-state index in [9.17, 15) is 14.0 Å². The predicted molar refractivity (Wildman–Crippen MR) is 120 cm³/mol. The fourth-order valence-corrected chi connectivity index (χ4v) is 4.31. The SMILES string of the molecule is COC(=O)C1=C(CN2CCN(c3ccccc3F)CC2)NC(=O)N[C@H]1c1cccc(Cl)c1. The van der Waals surface area contributed by atoms with Crippen LogP contribution in [0.3, 0.4) is 0 Å². The fourth-order valence-electron chi connectivity index (χ4n) is 4.11. The smallest absolute Gasteiger partial charge is 0.338 e. The molecule has 7 nitrogen and oxygen atoms in total. The summed E-state index contributed by atoms with van der Waals surface area (Å²) in [5.41, 5.74) is 2.10. The topological polar surface area (TPSA) is 73.9 Å². The number of urea groups is 1. The van der Waals surface area contributed by atoms with Crippen LogP contribution in [0.2, 0.25) is 5.02 Å². The third-order valence-electron chi connectivity index (χ3n) is 5.69. The molecule has 1 saturated heterocycles. The van der Waals surface area contributed by atoms with E-state index < -0.39 is 18.0 Å². The quantitative estimate of drug-likeness (QED) is 0.674. The molecule has 4 rings (SSSR count). The van der Waals surface area contributed by atoms with Crippen molar-refractivity contribution in [3.63, 3.8) is 0 Å². The summed E-state index contributed by atoms with van der Waals surface area (Å²) in [5, 5.41) is 6.07. The van der Waals surface area contributed by atoms with Crippen LogP contribution in [0, 0.1) is 5.82 Å². The fraction of sp³-hybridized carbons (Fsp3) is 0.304. The van der Waals surface area contributed by atoms with Crippen molar-refractivity contribution < 1.29 is 18.7 Å². The normalized spacial score (nSPS) is 19.4. The summed E-state index contributed by atoms with van der Waals surface area (Å²) in [6.07, 6.45) is 0. The van der Waals surface area contributed by atoms with Crippen molar-refractivity contribution in [3.8, 4) is 0 Å². The summed E-state index contributed by atoms with van der Waals surface area (Å²) in [6, 6.07) is 12.6. The van der Waals surface area contributed by atoms with Gasteiger partial charge in [0.05, 0.1) is 24.4 Å². The van der Waals surface area contributed by atoms with Gasteiger partial charge < -0.3 is 20.3 Å². The van der Waals surface area contributed by atoms with Crippen LogP contribution in [0.25, 0.3) is 0 Å². The van der Waals surface area contributed by atoms with E-state index in [2.05, 4.69) is 15.5 Å². The van der Waals surface area contributed by atoms with Crippen molar-refractivity contribution >= 4 is 29.3 Å². The molecule has 1 atom stereocenters. The van der Waals surface area contributed by atoms with Crippen molar-refractivity contribution in [2.24, 2.45) is 0 Å². The molecule has 0 aromatic heterocycles. The Hall–Kier alpha value is -3.10. The van der Waals surface area contributed by atoms with Crippen LogP contribution in [-0.2, 0) is 9.53 Å². The number of rotatable bonds is 5. The number of nitrogens with one attached hydrogen (secondary N) is 2. The minimum atomic E-state index is -0.676. The summed E-state index contributed by atoms with van der Waals surface area (Å²) in [5.74, 6) is -0.769. The highest BCUT2D eigenvalue weighted by Gasteiger charge is 2.34. The molecule has 0 radical (unpaired) electrons. The first kappa shape index (κ1) is 22.1. The van der Waals surface area contributed by atoms with Crippen molar-refractivity contribution in [2.75, 3.05) is 44.7 Å². The third-order valence-corrected chi connectivity index (χ3v) is 5.92. The number of esters is 1. The van der Waals surface area contributed by atoms with Gasteiger partial charge in [0.25, 0.3) is 0 Å². The zero-order chi connectivity index (χ0) is 22.7. The maximum absolute atomic E-state index is 14.1. The summed E-state index contributed by atoms with van der Waals surface area (Å²) in [7, 11) is 1.31. The average molecular weight is 459 g/mol. The molecule has 168 valence electrons. The number of halogens is 2. The molecule has 2 aliphatic rings. The van der Waals surface area contributed by atoms with E-state index in [0.29, 0.717) is 60.3 Å². The molecule has 9 heteroatoms. The molecule has 32 heavy (non-hydrogen) atoms. The molecular weight excluding hydrogens is 435 g/mol. The van der Waals surface area contributed by atoms with Gasteiger partial charge in [-0.3, -0.25) is 4.90 Å². The first-order valence-corrected chi connectivity index (χ1v) is 10.7. The van der Waals surface area contributed by atoms with Gasteiger partial charge in [0, 0.05) is 43.4 Å². The van der Waals surface area contributed by atoms with Crippen molar-refractivity contribution in [1.29, 1.82) is 0 Å². The second-order valence-electron chi connectivity index (χ2n) is 7.68. The standard InChI is InChI=1S/C23H24ClFN4O3/c1-32-22(30)20-18(26-23(31)27-21(20)15-5-4-6-16(24)13-15)14-28-9-11-29(12-10-28)19-8-3-2-7-17(19)25/h2-8,13,21H,9-12,14H2,1H3,(H2,26,27,31)/t21-/m0/s1. The number of piperazine rings is 1. The van der Waals surface area contributed by atoms with E-state index in [-0.39, 0.29) is 5.82 Å². The average Bonchev–Trinajstić information content (AvgIpc) is 2.79. The zero-order valence-corrected chi connectivity index (χ0v) is 18.4. The molecule has 2 aromatic rings. The molecule has 0 unspecified atom stereocenters. The largest absolute Gasteiger partial charge is 0.466 e. The maximum atomic E-state index is 14.1. The Morgan fingerprint density at radius 1 is 1.16 bits per heavy atom. The second-order valence-corrected chi connectivity index (χ2v) is 8.12. The van der Waals surface area contributed by atoms with Crippen LogP contribution in [0.1, 0.15) is 11.6 Å². The van der Waals surface area contributed by atoms with Gasteiger partial charge in [-0.15, -0.1) is 0 Å². The Bertz CT molecular complexity index is 1050. The van der Waals surface area contributed by atoms with E-state index in [1.807, 2.05) is 11.0 Å². The molecule has 0 spiro atoms. The molecule has 0 aliphatic carbocycles. The number of carbonyl (C=O) groups is 2. The molecule has 2 heterocycles. The van der Waals surface area contributed by atoms with Crippen molar-refractivity contribution in [2.45, 2.75) is 6.04 Å². The first-order valence-electron chi connectivity index (χ1n) is 10.3. The molecule has 2 aliphatic heterocycles. The lowest BCUT2D eigenvalue weighted by Crippen LogP contribution is -2.51. The summed E-state index contributed by atoms with van der Waals surface area (Å²) in [6.45, 7) is 2.92. The molecule has 0 bridgehead atoms. The Morgan fingerprint density at radius 2 is 1.91 bits per heavy atom. The van der Waals surface area contributed by atoms with Gasteiger partial charge in [0.2, 0.25) is 0 Å². The minimum Gasteiger partial charge on any atom is -0.466 e. The second kappa shape index (κ2) is 9.58. The summed E-state index contributed by atoms with van der Waals surface area (Å²) < 4.78 is 19.1. The predicted octanol–water partition coefficient (Wildman–Crippen LogP) is 3.08. The highest BCUT2D eigenvalue weighted by molar-refractivity contribution is 6.30. The number of hydrogen-bond acceptors (Lipinski definition) is 5. The van der Waals surface area contributed by atoms with Crippen LogP contribution in [-0.4, -0.2) is 56.7 Å². The zero-order valence-electron chi connectivity index (χ0n) is 17.6. The molecule has 2 aromatic carbocycles. The monoisotopic (exact) mass is 458 g/mol. The number of para-hydroxylation sites is 1. The van der Waals surface area contributed by atoms with Gasteiger partial charge >= 0.3 is 12.0 Å². The van der Waals surface area contributed by atoms with E-state index >= 15 is 0 Å². The Kier molecular flexibility index (Phi) is 6.62. The van der Waals surface area contributed by atoms with Crippen molar-refractivity contribution in [3.05, 3.63) is 76.2 Å². The lowest BCUT2D eigenvalue weighted by atomic mass is 9.95.